The van der Waals surface area contributed by atoms with Crippen molar-refractivity contribution in [2.45, 2.75) is 6.04 Å². The third-order valence-corrected chi connectivity index (χ3v) is 5.24. The van der Waals surface area contributed by atoms with Crippen LogP contribution in [0.3, 0.4) is 0 Å². The summed E-state index contributed by atoms with van der Waals surface area (Å²) in [6, 6.07) is 15.7. The quantitative estimate of drug-likeness (QED) is 0.595. The number of carbonyl (C=O) groups excluding carboxylic acids is 2. The van der Waals surface area contributed by atoms with Gasteiger partial charge >= 0.3 is 0 Å². The SMILES string of the molecule is O=C1CN(C(=O)c2ccc(F)cc2)[C@@H](c2ccc(F)cc2)c2cc(Br)ccc2N1. The Kier molecular flexibility index (Phi) is 5.15. The van der Waals surface area contributed by atoms with Crippen LogP contribution in [0.4, 0.5) is 14.5 Å². The number of benzene rings is 3. The van der Waals surface area contributed by atoms with E-state index in [2.05, 4.69) is 21.2 Å². The van der Waals surface area contributed by atoms with Crippen molar-refractivity contribution in [1.82, 2.24) is 4.90 Å². The van der Waals surface area contributed by atoms with Gasteiger partial charge in [-0.15, -0.1) is 0 Å². The van der Waals surface area contributed by atoms with E-state index < -0.39 is 23.6 Å². The predicted octanol–water partition coefficient (Wildman–Crippen LogP) is 4.91. The standard InChI is InChI=1S/C22H15BrF2N2O2/c23-15-5-10-19-18(11-15)21(13-1-6-16(24)7-2-13)27(12-20(28)26-19)22(29)14-3-8-17(25)9-4-14/h1-11,21H,12H2,(H,26,28)/t21-/m0/s1. The van der Waals surface area contributed by atoms with E-state index in [0.717, 1.165) is 4.47 Å². The molecule has 0 bridgehead atoms. The van der Waals surface area contributed by atoms with Gasteiger partial charge in [-0.1, -0.05) is 28.1 Å². The van der Waals surface area contributed by atoms with Crippen LogP contribution in [0.2, 0.25) is 0 Å². The monoisotopic (exact) mass is 456 g/mol. The summed E-state index contributed by atoms with van der Waals surface area (Å²) >= 11 is 3.43. The van der Waals surface area contributed by atoms with Crippen LogP contribution in [-0.2, 0) is 4.79 Å². The van der Waals surface area contributed by atoms with Gasteiger partial charge in [-0.05, 0) is 60.2 Å². The van der Waals surface area contributed by atoms with Crippen molar-refractivity contribution in [3.63, 3.8) is 0 Å². The van der Waals surface area contributed by atoms with Gasteiger partial charge in [0.05, 0.1) is 6.04 Å². The molecule has 0 spiro atoms. The number of nitrogens with zero attached hydrogens (tertiary/aromatic N) is 1. The molecule has 1 N–H and O–H groups in total. The Balaban J connectivity index is 1.88. The van der Waals surface area contributed by atoms with Crippen molar-refractivity contribution in [1.29, 1.82) is 0 Å². The molecule has 0 saturated carbocycles. The van der Waals surface area contributed by atoms with E-state index in [4.69, 9.17) is 0 Å². The van der Waals surface area contributed by atoms with Crippen LogP contribution in [0, 0.1) is 11.6 Å². The van der Waals surface area contributed by atoms with E-state index >= 15 is 0 Å². The van der Waals surface area contributed by atoms with Gasteiger partial charge < -0.3 is 10.2 Å². The molecule has 0 radical (unpaired) electrons. The van der Waals surface area contributed by atoms with Gasteiger partial charge in [0, 0.05) is 21.3 Å². The van der Waals surface area contributed by atoms with E-state index in [1.807, 2.05) is 6.07 Å². The Hall–Kier alpha value is -3.06. The van der Waals surface area contributed by atoms with Crippen molar-refractivity contribution < 1.29 is 18.4 Å². The maximum Gasteiger partial charge on any atom is 0.255 e. The molecule has 4 rings (SSSR count). The number of amides is 2. The van der Waals surface area contributed by atoms with Gasteiger partial charge in [0.15, 0.2) is 0 Å². The van der Waals surface area contributed by atoms with Crippen molar-refractivity contribution in [3.05, 3.63) is 99.5 Å². The Morgan fingerprint density at radius 3 is 2.24 bits per heavy atom. The molecule has 0 saturated heterocycles. The minimum absolute atomic E-state index is 0.204. The van der Waals surface area contributed by atoms with Crippen molar-refractivity contribution in [3.8, 4) is 0 Å². The Morgan fingerprint density at radius 1 is 0.966 bits per heavy atom. The largest absolute Gasteiger partial charge is 0.324 e. The minimum atomic E-state index is -0.639. The first-order valence-corrected chi connectivity index (χ1v) is 9.63. The molecule has 3 aromatic carbocycles. The van der Waals surface area contributed by atoms with Crippen LogP contribution in [0.15, 0.2) is 71.2 Å². The summed E-state index contributed by atoms with van der Waals surface area (Å²) in [7, 11) is 0. The predicted molar refractivity (Wildman–Crippen MR) is 108 cm³/mol. The fourth-order valence-electron chi connectivity index (χ4n) is 3.43. The fraction of sp³-hybridized carbons (Fsp3) is 0.0909. The zero-order valence-electron chi connectivity index (χ0n) is 15.0. The van der Waals surface area contributed by atoms with Gasteiger partial charge in [-0.25, -0.2) is 8.78 Å². The molecule has 0 fully saturated rings. The summed E-state index contributed by atoms with van der Waals surface area (Å²) in [5.41, 5.74) is 2.16. The van der Waals surface area contributed by atoms with E-state index in [1.54, 1.807) is 24.3 Å². The highest BCUT2D eigenvalue weighted by Gasteiger charge is 2.34. The number of anilines is 1. The van der Waals surface area contributed by atoms with E-state index in [-0.39, 0.29) is 18.0 Å². The lowest BCUT2D eigenvalue weighted by Crippen LogP contribution is -2.39. The smallest absolute Gasteiger partial charge is 0.255 e. The number of halogens is 3. The Morgan fingerprint density at radius 2 is 1.59 bits per heavy atom. The zero-order chi connectivity index (χ0) is 20.5. The Labute approximate surface area is 174 Å². The lowest BCUT2D eigenvalue weighted by Gasteiger charge is -2.30. The second-order valence-corrected chi connectivity index (χ2v) is 7.59. The molecule has 1 heterocycles. The first kappa shape index (κ1) is 19.3. The van der Waals surface area contributed by atoms with E-state index in [1.165, 1.54) is 41.3 Å². The average Bonchev–Trinajstić information content (AvgIpc) is 2.84. The summed E-state index contributed by atoms with van der Waals surface area (Å²) in [4.78, 5) is 27.2. The maximum atomic E-state index is 13.5. The molecule has 1 aliphatic rings. The number of fused-ring (bicyclic) bond motifs is 1. The molecule has 1 aliphatic heterocycles. The summed E-state index contributed by atoms with van der Waals surface area (Å²) in [5.74, 6) is -1.64. The molecule has 146 valence electrons. The molecule has 4 nitrogen and oxygen atoms in total. The molecule has 0 aliphatic carbocycles. The van der Waals surface area contributed by atoms with Crippen molar-refractivity contribution >= 4 is 33.4 Å². The fourth-order valence-corrected chi connectivity index (χ4v) is 3.81. The third kappa shape index (κ3) is 3.91. The van der Waals surface area contributed by atoms with Crippen LogP contribution in [0.25, 0.3) is 0 Å². The van der Waals surface area contributed by atoms with Gasteiger partial charge in [0.2, 0.25) is 5.91 Å². The van der Waals surface area contributed by atoms with Gasteiger partial charge in [-0.2, -0.15) is 0 Å². The average molecular weight is 457 g/mol. The summed E-state index contributed by atoms with van der Waals surface area (Å²) < 4.78 is 27.6. The van der Waals surface area contributed by atoms with Crippen LogP contribution >= 0.6 is 15.9 Å². The molecule has 1 atom stereocenters. The normalized spacial score (nSPS) is 16.0. The number of hydrogen-bond acceptors (Lipinski definition) is 2. The molecular formula is C22H15BrF2N2O2. The molecule has 3 aromatic rings. The highest BCUT2D eigenvalue weighted by atomic mass is 79.9. The Bertz CT molecular complexity index is 1080. The lowest BCUT2D eigenvalue weighted by molar-refractivity contribution is -0.117. The van der Waals surface area contributed by atoms with Crippen LogP contribution in [-0.4, -0.2) is 23.3 Å². The highest BCUT2D eigenvalue weighted by molar-refractivity contribution is 9.10. The van der Waals surface area contributed by atoms with E-state index in [0.29, 0.717) is 16.8 Å². The van der Waals surface area contributed by atoms with Crippen LogP contribution < -0.4 is 5.32 Å². The number of carbonyl (C=O) groups is 2. The van der Waals surface area contributed by atoms with Crippen molar-refractivity contribution in [2.75, 3.05) is 11.9 Å². The van der Waals surface area contributed by atoms with Crippen LogP contribution in [0.1, 0.15) is 27.5 Å². The first-order valence-electron chi connectivity index (χ1n) is 8.83. The molecule has 0 unspecified atom stereocenters. The third-order valence-electron chi connectivity index (χ3n) is 4.75. The summed E-state index contributed by atoms with van der Waals surface area (Å²) in [6.07, 6.45) is 0. The molecule has 29 heavy (non-hydrogen) atoms. The summed E-state index contributed by atoms with van der Waals surface area (Å²) in [5, 5.41) is 2.82. The second-order valence-electron chi connectivity index (χ2n) is 6.67. The van der Waals surface area contributed by atoms with Gasteiger partial charge in [-0.3, -0.25) is 9.59 Å². The minimum Gasteiger partial charge on any atom is -0.324 e. The molecule has 7 heteroatoms. The molecule has 2 amide bonds. The number of rotatable bonds is 2. The van der Waals surface area contributed by atoms with Crippen molar-refractivity contribution in [2.24, 2.45) is 0 Å². The van der Waals surface area contributed by atoms with Gasteiger partial charge in [0.1, 0.15) is 18.2 Å². The van der Waals surface area contributed by atoms with Crippen LogP contribution in [0.5, 0.6) is 0 Å². The first-order chi connectivity index (χ1) is 13.9. The second kappa shape index (κ2) is 7.75. The van der Waals surface area contributed by atoms with Gasteiger partial charge in [0.25, 0.3) is 5.91 Å². The molecular weight excluding hydrogens is 442 g/mol. The lowest BCUT2D eigenvalue weighted by atomic mass is 9.95. The molecule has 0 aromatic heterocycles. The highest BCUT2D eigenvalue weighted by Crippen LogP contribution is 2.38. The number of hydrogen-bond donors (Lipinski definition) is 1. The number of nitrogens with one attached hydrogen (secondary N) is 1. The topological polar surface area (TPSA) is 49.4 Å². The summed E-state index contributed by atoms with van der Waals surface area (Å²) in [6.45, 7) is -0.204. The van der Waals surface area contributed by atoms with E-state index in [9.17, 15) is 18.4 Å². The zero-order valence-corrected chi connectivity index (χ0v) is 16.6. The maximum absolute atomic E-state index is 13.5.